The Morgan fingerprint density at radius 2 is 1.55 bits per heavy atom. The Hall–Kier alpha value is -4.64. The molecule has 0 bridgehead atoms. The molecule has 2 aromatic rings. The Kier molecular flexibility index (Phi) is 16.1. The molecule has 0 saturated carbocycles. The number of amides is 7. The number of aromatic amines is 1. The van der Waals surface area contributed by atoms with Gasteiger partial charge in [0.25, 0.3) is 0 Å². The number of benzene rings is 1. The van der Waals surface area contributed by atoms with Crippen molar-refractivity contribution in [2.24, 2.45) is 23.3 Å². The maximum Gasteiger partial charge on any atom is 0.246 e. The number of hydrogen-bond acceptors (Lipinski definition) is 9. The SMILES string of the molecule is CSCC[C@H](NC(=O)[C@H](Cc1c[nH]c2ccccc12)NC(=O)CNC(=O)[C@H](CC(C)C)NC(=O)[C@@H]1CCCN1C(=O)[C@@H]1CCCN1C(=O)[C@@H](N)C(C)C)C(N)=O. The molecule has 2 saturated heterocycles. The molecule has 0 aliphatic carbocycles. The van der Waals surface area contributed by atoms with Gasteiger partial charge in [-0.15, -0.1) is 0 Å². The monoisotopic (exact) mass is 797 g/mol. The maximum absolute atomic E-state index is 13.8. The molecule has 2 aliphatic heterocycles. The van der Waals surface area contributed by atoms with Crippen LogP contribution in [0, 0.1) is 11.8 Å². The summed E-state index contributed by atoms with van der Waals surface area (Å²) in [5, 5.41) is 11.7. The quantitative estimate of drug-likeness (QED) is 0.105. The number of rotatable bonds is 19. The van der Waals surface area contributed by atoms with Crippen LogP contribution in [0.2, 0.25) is 0 Å². The molecule has 17 heteroatoms. The summed E-state index contributed by atoms with van der Waals surface area (Å²) in [7, 11) is 0. The average Bonchev–Trinajstić information content (AvgIpc) is 3.94. The lowest BCUT2D eigenvalue weighted by atomic mass is 10.0. The second-order valence-corrected chi connectivity index (χ2v) is 16.5. The highest BCUT2D eigenvalue weighted by atomic mass is 32.2. The van der Waals surface area contributed by atoms with Crippen LogP contribution >= 0.6 is 11.8 Å². The first-order valence-electron chi connectivity index (χ1n) is 19.5. The number of likely N-dealkylation sites (tertiary alicyclic amines) is 2. The van der Waals surface area contributed by atoms with Crippen molar-refractivity contribution in [1.82, 2.24) is 36.1 Å². The molecule has 0 radical (unpaired) electrons. The molecule has 9 N–H and O–H groups in total. The molecular weight excluding hydrogens is 739 g/mol. The molecule has 2 aliphatic rings. The summed E-state index contributed by atoms with van der Waals surface area (Å²) in [6, 6.07) is 2.19. The molecule has 1 aromatic carbocycles. The number of fused-ring (bicyclic) bond motifs is 1. The fraction of sp³-hybridized carbons (Fsp3) is 0.615. The van der Waals surface area contributed by atoms with Crippen molar-refractivity contribution in [3.63, 3.8) is 0 Å². The number of primary amides is 1. The number of nitrogens with one attached hydrogen (secondary N) is 5. The van der Waals surface area contributed by atoms with Gasteiger partial charge in [-0.3, -0.25) is 33.6 Å². The molecule has 308 valence electrons. The van der Waals surface area contributed by atoms with Crippen LogP contribution < -0.4 is 32.7 Å². The van der Waals surface area contributed by atoms with Crippen LogP contribution in [0.25, 0.3) is 10.9 Å². The van der Waals surface area contributed by atoms with Gasteiger partial charge >= 0.3 is 0 Å². The van der Waals surface area contributed by atoms with Crippen LogP contribution in [0.3, 0.4) is 0 Å². The van der Waals surface area contributed by atoms with Gasteiger partial charge in [0.05, 0.1) is 12.6 Å². The van der Waals surface area contributed by atoms with Gasteiger partial charge in [-0.05, 0) is 74.0 Å². The van der Waals surface area contributed by atoms with Crippen LogP contribution in [-0.2, 0) is 40.0 Å². The van der Waals surface area contributed by atoms with Crippen molar-refractivity contribution < 1.29 is 33.6 Å². The van der Waals surface area contributed by atoms with E-state index < -0.39 is 72.3 Å². The zero-order valence-electron chi connectivity index (χ0n) is 33.1. The molecule has 6 atom stereocenters. The highest BCUT2D eigenvalue weighted by Crippen LogP contribution is 2.26. The van der Waals surface area contributed by atoms with E-state index in [1.807, 2.05) is 58.2 Å². The van der Waals surface area contributed by atoms with Gasteiger partial charge in [-0.25, -0.2) is 0 Å². The van der Waals surface area contributed by atoms with Gasteiger partial charge in [0, 0.05) is 36.6 Å². The molecule has 56 heavy (non-hydrogen) atoms. The summed E-state index contributed by atoms with van der Waals surface area (Å²) in [5.74, 6) is -3.16. The molecule has 7 amide bonds. The number of nitrogens with zero attached hydrogens (tertiary/aromatic N) is 2. The van der Waals surface area contributed by atoms with Crippen molar-refractivity contribution in [3.05, 3.63) is 36.0 Å². The van der Waals surface area contributed by atoms with Gasteiger partial charge in [-0.1, -0.05) is 45.9 Å². The lowest BCUT2D eigenvalue weighted by Crippen LogP contribution is -2.58. The summed E-state index contributed by atoms with van der Waals surface area (Å²) in [4.78, 5) is 99.5. The summed E-state index contributed by atoms with van der Waals surface area (Å²) >= 11 is 1.50. The summed E-state index contributed by atoms with van der Waals surface area (Å²) in [6.07, 6.45) is 6.40. The van der Waals surface area contributed by atoms with Crippen LogP contribution in [0.15, 0.2) is 30.5 Å². The molecule has 0 spiro atoms. The number of nitrogens with two attached hydrogens (primary N) is 2. The summed E-state index contributed by atoms with van der Waals surface area (Å²) in [5.41, 5.74) is 13.3. The van der Waals surface area contributed by atoms with Crippen molar-refractivity contribution in [3.8, 4) is 0 Å². The third-order valence-electron chi connectivity index (χ3n) is 10.4. The first-order chi connectivity index (χ1) is 26.6. The van der Waals surface area contributed by atoms with E-state index in [0.29, 0.717) is 50.9 Å². The van der Waals surface area contributed by atoms with Gasteiger partial charge in [0.15, 0.2) is 0 Å². The Labute approximate surface area is 332 Å². The number of thioether (sulfide) groups is 1. The lowest BCUT2D eigenvalue weighted by Gasteiger charge is -2.33. The largest absolute Gasteiger partial charge is 0.368 e. The second kappa shape index (κ2) is 20.5. The van der Waals surface area contributed by atoms with Gasteiger partial charge in [0.2, 0.25) is 41.4 Å². The standard InChI is InChI=1S/C39H59N9O7S/c1-22(2)18-28(46-37(53)30-12-8-15-47(30)38(54)31-13-9-16-48(31)39(55)33(40)23(3)4)35(51)43-21-32(49)44-29(36(52)45-27(34(41)50)14-17-56-5)19-24-20-42-26-11-7-6-10-25(24)26/h6-7,10-11,20,22-23,27-31,33,42H,8-9,12-19,21,40H2,1-5H3,(H2,41,50)(H,43,51)(H,44,49)(H,45,52)(H,46,53)/t27-,28-,29-,30-,31-,33-/m0/s1. The third kappa shape index (κ3) is 11.5. The molecule has 16 nitrogen and oxygen atoms in total. The lowest BCUT2D eigenvalue weighted by molar-refractivity contribution is -0.147. The number of carbonyl (C=O) groups excluding carboxylic acids is 7. The number of hydrogen-bond donors (Lipinski definition) is 7. The Morgan fingerprint density at radius 3 is 2.21 bits per heavy atom. The average molecular weight is 798 g/mol. The van der Waals surface area contributed by atoms with Crippen LogP contribution in [0.1, 0.15) is 71.8 Å². The fourth-order valence-corrected chi connectivity index (χ4v) is 7.76. The van der Waals surface area contributed by atoms with Gasteiger partial charge in [0.1, 0.15) is 30.2 Å². The second-order valence-electron chi connectivity index (χ2n) is 15.5. The van der Waals surface area contributed by atoms with Crippen LogP contribution in [0.5, 0.6) is 0 Å². The van der Waals surface area contributed by atoms with Crippen molar-refractivity contribution >= 4 is 64.0 Å². The topological polar surface area (TPSA) is 242 Å². The van der Waals surface area contributed by atoms with E-state index in [4.69, 9.17) is 11.5 Å². The molecule has 2 fully saturated rings. The molecule has 1 aromatic heterocycles. The number of H-pyrrole nitrogens is 1. The maximum atomic E-state index is 13.8. The molecule has 4 rings (SSSR count). The van der Waals surface area contributed by atoms with E-state index >= 15 is 0 Å². The smallest absolute Gasteiger partial charge is 0.246 e. The van der Waals surface area contributed by atoms with Crippen molar-refractivity contribution in [1.29, 1.82) is 0 Å². The zero-order valence-corrected chi connectivity index (χ0v) is 33.9. The number of carbonyl (C=O) groups is 7. The van der Waals surface area contributed by atoms with E-state index in [9.17, 15) is 33.6 Å². The first-order valence-corrected chi connectivity index (χ1v) is 20.9. The van der Waals surface area contributed by atoms with Crippen molar-refractivity contribution in [2.75, 3.05) is 31.6 Å². The Bertz CT molecular complexity index is 1730. The highest BCUT2D eigenvalue weighted by molar-refractivity contribution is 7.98. The Morgan fingerprint density at radius 1 is 0.875 bits per heavy atom. The highest BCUT2D eigenvalue weighted by Gasteiger charge is 2.43. The van der Waals surface area contributed by atoms with Crippen LogP contribution in [0.4, 0.5) is 0 Å². The minimum absolute atomic E-state index is 0.0158. The minimum Gasteiger partial charge on any atom is -0.368 e. The molecule has 0 unspecified atom stereocenters. The molecule has 3 heterocycles. The minimum atomic E-state index is -1.11. The van der Waals surface area contributed by atoms with E-state index in [1.165, 1.54) is 21.6 Å². The van der Waals surface area contributed by atoms with E-state index in [0.717, 1.165) is 16.5 Å². The normalized spacial score (nSPS) is 19.1. The van der Waals surface area contributed by atoms with Gasteiger partial charge in [-0.2, -0.15) is 11.8 Å². The van der Waals surface area contributed by atoms with E-state index in [2.05, 4.69) is 26.3 Å². The fourth-order valence-electron chi connectivity index (χ4n) is 7.29. The van der Waals surface area contributed by atoms with Gasteiger partial charge < -0.3 is 47.5 Å². The van der Waals surface area contributed by atoms with E-state index in [1.54, 1.807) is 6.20 Å². The predicted octanol–water partition coefficient (Wildman–Crippen LogP) is 0.531. The van der Waals surface area contributed by atoms with Crippen molar-refractivity contribution in [2.45, 2.75) is 109 Å². The third-order valence-corrected chi connectivity index (χ3v) is 11.1. The van der Waals surface area contributed by atoms with Crippen LogP contribution in [-0.4, -0.2) is 124 Å². The Balaban J connectivity index is 1.41. The summed E-state index contributed by atoms with van der Waals surface area (Å²) in [6.45, 7) is 7.76. The van der Waals surface area contributed by atoms with E-state index in [-0.39, 0.29) is 36.5 Å². The number of para-hydroxylation sites is 1. The summed E-state index contributed by atoms with van der Waals surface area (Å²) < 4.78 is 0. The molecular formula is C39H59N9O7S. The number of aromatic nitrogens is 1. The predicted molar refractivity (Wildman–Crippen MR) is 215 cm³/mol. The zero-order chi connectivity index (χ0) is 41.1. The first kappa shape index (κ1) is 44.1.